The molecule has 0 spiro atoms. The average Bonchev–Trinajstić information content (AvgIpc) is 3.13. The fourth-order valence-electron chi connectivity index (χ4n) is 2.59. The number of ether oxygens (including phenoxy) is 5. The molecule has 4 atom stereocenters. The van der Waals surface area contributed by atoms with Crippen molar-refractivity contribution in [2.24, 2.45) is 0 Å². The van der Waals surface area contributed by atoms with Crippen LogP contribution in [0.5, 0.6) is 0 Å². The summed E-state index contributed by atoms with van der Waals surface area (Å²) in [5.74, 6) is -3.02. The molecule has 1 fully saturated rings. The zero-order valence-electron chi connectivity index (χ0n) is 15.4. The standard InChI is InChI=1S/C15H18BrN3O9/c1-6(20)25-5-9-10(26-7(2)21)11(27-8(3)22)13(28-9)19-12(14(23)24-4)17-15(16)18-19/h9-11,13H,5H2,1-4H3/t9-,10-,11-,13-/m1/s1. The number of nitrogens with zero attached hydrogens (tertiary/aromatic N) is 3. The van der Waals surface area contributed by atoms with E-state index in [4.69, 9.17) is 18.9 Å². The summed E-state index contributed by atoms with van der Waals surface area (Å²) in [6.07, 6.45) is -4.52. The largest absolute Gasteiger partial charge is 0.463 e. The number of methoxy groups -OCH3 is 1. The van der Waals surface area contributed by atoms with Gasteiger partial charge in [0.05, 0.1) is 7.11 Å². The first-order chi connectivity index (χ1) is 13.1. The summed E-state index contributed by atoms with van der Waals surface area (Å²) < 4.78 is 27.0. The molecule has 1 aromatic rings. The van der Waals surface area contributed by atoms with Crippen molar-refractivity contribution in [3.63, 3.8) is 0 Å². The molecule has 0 aromatic carbocycles. The van der Waals surface area contributed by atoms with Crippen LogP contribution in [0.2, 0.25) is 0 Å². The number of hydrogen-bond acceptors (Lipinski definition) is 11. The van der Waals surface area contributed by atoms with Crippen molar-refractivity contribution in [3.8, 4) is 0 Å². The third kappa shape index (κ3) is 5.04. The fraction of sp³-hybridized carbons (Fsp3) is 0.600. The van der Waals surface area contributed by atoms with Gasteiger partial charge in [0.15, 0.2) is 18.4 Å². The summed E-state index contributed by atoms with van der Waals surface area (Å²) in [7, 11) is 1.15. The third-order valence-electron chi connectivity index (χ3n) is 3.55. The molecule has 13 heteroatoms. The maximum Gasteiger partial charge on any atom is 0.375 e. The zero-order valence-corrected chi connectivity index (χ0v) is 17.0. The van der Waals surface area contributed by atoms with E-state index in [1.807, 2.05) is 0 Å². The zero-order chi connectivity index (χ0) is 21.0. The molecule has 0 amide bonds. The summed E-state index contributed by atoms with van der Waals surface area (Å²) in [4.78, 5) is 50.2. The topological polar surface area (TPSA) is 145 Å². The third-order valence-corrected chi connectivity index (χ3v) is 3.89. The molecule has 0 unspecified atom stereocenters. The second kappa shape index (κ2) is 9.10. The van der Waals surface area contributed by atoms with E-state index in [2.05, 4.69) is 30.7 Å². The van der Waals surface area contributed by atoms with Gasteiger partial charge in [-0.3, -0.25) is 14.4 Å². The van der Waals surface area contributed by atoms with Crippen LogP contribution >= 0.6 is 15.9 Å². The molecule has 12 nitrogen and oxygen atoms in total. The maximum atomic E-state index is 12.0. The van der Waals surface area contributed by atoms with Gasteiger partial charge in [0, 0.05) is 20.8 Å². The van der Waals surface area contributed by atoms with Gasteiger partial charge in [0.1, 0.15) is 12.7 Å². The lowest BCUT2D eigenvalue weighted by Crippen LogP contribution is -2.41. The Kier molecular flexibility index (Phi) is 7.07. The summed E-state index contributed by atoms with van der Waals surface area (Å²) in [6, 6.07) is 0. The highest BCUT2D eigenvalue weighted by molar-refractivity contribution is 9.10. The molecular formula is C15H18BrN3O9. The molecule has 1 saturated heterocycles. The van der Waals surface area contributed by atoms with E-state index in [1.54, 1.807) is 0 Å². The molecule has 0 aliphatic carbocycles. The van der Waals surface area contributed by atoms with Crippen molar-refractivity contribution in [2.45, 2.75) is 45.3 Å². The predicted octanol–water partition coefficient (Wildman–Crippen LogP) is 0.151. The molecule has 1 aliphatic rings. The van der Waals surface area contributed by atoms with E-state index in [0.717, 1.165) is 25.6 Å². The number of rotatable bonds is 6. The van der Waals surface area contributed by atoms with Gasteiger partial charge in [-0.15, -0.1) is 5.10 Å². The fourth-order valence-corrected chi connectivity index (χ4v) is 2.93. The molecule has 154 valence electrons. The Hall–Kier alpha value is -2.54. The van der Waals surface area contributed by atoms with E-state index < -0.39 is 48.4 Å². The van der Waals surface area contributed by atoms with Gasteiger partial charge in [-0.25, -0.2) is 9.48 Å². The molecule has 0 saturated carbocycles. The maximum absolute atomic E-state index is 12.0. The molecule has 2 rings (SSSR count). The van der Waals surface area contributed by atoms with Crippen LogP contribution in [0.15, 0.2) is 4.73 Å². The molecule has 0 bridgehead atoms. The number of aromatic nitrogens is 3. The molecule has 1 aromatic heterocycles. The van der Waals surface area contributed by atoms with Crippen LogP contribution in [0.1, 0.15) is 37.6 Å². The molecule has 1 aliphatic heterocycles. The van der Waals surface area contributed by atoms with E-state index in [9.17, 15) is 19.2 Å². The number of carbonyl (C=O) groups is 4. The second-order valence-electron chi connectivity index (χ2n) is 5.66. The van der Waals surface area contributed by atoms with E-state index in [1.165, 1.54) is 6.92 Å². The van der Waals surface area contributed by atoms with Gasteiger partial charge in [0.25, 0.3) is 0 Å². The van der Waals surface area contributed by atoms with Crippen molar-refractivity contribution in [1.29, 1.82) is 0 Å². The van der Waals surface area contributed by atoms with Crippen LogP contribution < -0.4 is 0 Å². The highest BCUT2D eigenvalue weighted by atomic mass is 79.9. The van der Waals surface area contributed by atoms with Crippen LogP contribution in [-0.4, -0.2) is 70.7 Å². The first-order valence-electron chi connectivity index (χ1n) is 7.97. The average molecular weight is 464 g/mol. The van der Waals surface area contributed by atoms with Gasteiger partial charge in [-0.1, -0.05) is 0 Å². The summed E-state index contributed by atoms with van der Waals surface area (Å²) in [5.41, 5.74) is 0. The summed E-state index contributed by atoms with van der Waals surface area (Å²) >= 11 is 3.05. The van der Waals surface area contributed by atoms with Gasteiger partial charge < -0.3 is 23.7 Å². The predicted molar refractivity (Wildman–Crippen MR) is 90.7 cm³/mol. The van der Waals surface area contributed by atoms with Crippen LogP contribution in [0.25, 0.3) is 0 Å². The quantitative estimate of drug-likeness (QED) is 0.419. The SMILES string of the molecule is COC(=O)c1nc(Br)nn1[C@@H]1O[C@H](COC(C)=O)[C@@H](OC(C)=O)[C@H]1OC(C)=O. The van der Waals surface area contributed by atoms with Gasteiger partial charge in [-0.2, -0.15) is 4.98 Å². The minimum atomic E-state index is -1.21. The number of carbonyl (C=O) groups excluding carboxylic acids is 4. The highest BCUT2D eigenvalue weighted by Gasteiger charge is 2.52. The van der Waals surface area contributed by atoms with Crippen LogP contribution in [0.3, 0.4) is 0 Å². The Bertz CT molecular complexity index is 781. The molecule has 0 radical (unpaired) electrons. The monoisotopic (exact) mass is 463 g/mol. The van der Waals surface area contributed by atoms with E-state index >= 15 is 0 Å². The van der Waals surface area contributed by atoms with Crippen molar-refractivity contribution in [2.75, 3.05) is 13.7 Å². The number of halogens is 1. The minimum Gasteiger partial charge on any atom is -0.463 e. The summed E-state index contributed by atoms with van der Waals surface area (Å²) in [5, 5.41) is 4.02. The lowest BCUT2D eigenvalue weighted by molar-refractivity contribution is -0.166. The van der Waals surface area contributed by atoms with Crippen molar-refractivity contribution in [3.05, 3.63) is 10.6 Å². The van der Waals surface area contributed by atoms with Crippen molar-refractivity contribution >= 4 is 39.8 Å². The lowest BCUT2D eigenvalue weighted by Gasteiger charge is -2.23. The normalized spacial score (nSPS) is 23.8. The van der Waals surface area contributed by atoms with Gasteiger partial charge >= 0.3 is 23.9 Å². The Morgan fingerprint density at radius 2 is 1.68 bits per heavy atom. The Labute approximate surface area is 167 Å². The first kappa shape index (κ1) is 21.8. The van der Waals surface area contributed by atoms with Crippen molar-refractivity contribution < 1.29 is 42.9 Å². The van der Waals surface area contributed by atoms with E-state index in [0.29, 0.717) is 0 Å². The number of hydrogen-bond donors (Lipinski definition) is 0. The molecule has 0 N–H and O–H groups in total. The van der Waals surface area contributed by atoms with Crippen LogP contribution in [-0.2, 0) is 38.1 Å². The van der Waals surface area contributed by atoms with Crippen molar-refractivity contribution in [1.82, 2.24) is 14.8 Å². The Morgan fingerprint density at radius 1 is 1.07 bits per heavy atom. The highest BCUT2D eigenvalue weighted by Crippen LogP contribution is 2.35. The Balaban J connectivity index is 2.45. The van der Waals surface area contributed by atoms with E-state index in [-0.39, 0.29) is 17.2 Å². The second-order valence-corrected chi connectivity index (χ2v) is 6.37. The molecule has 2 heterocycles. The minimum absolute atomic E-state index is 0.0468. The van der Waals surface area contributed by atoms with Crippen LogP contribution in [0.4, 0.5) is 0 Å². The first-order valence-corrected chi connectivity index (χ1v) is 8.77. The Morgan fingerprint density at radius 3 is 2.21 bits per heavy atom. The molecular weight excluding hydrogens is 446 g/mol. The lowest BCUT2D eigenvalue weighted by atomic mass is 10.1. The smallest absolute Gasteiger partial charge is 0.375 e. The summed E-state index contributed by atoms with van der Waals surface area (Å²) in [6.45, 7) is 3.22. The number of esters is 4. The molecule has 28 heavy (non-hydrogen) atoms. The van der Waals surface area contributed by atoms with Crippen LogP contribution in [0, 0.1) is 0 Å². The van der Waals surface area contributed by atoms with Gasteiger partial charge in [0.2, 0.25) is 10.6 Å². The van der Waals surface area contributed by atoms with Gasteiger partial charge in [-0.05, 0) is 15.9 Å².